The Morgan fingerprint density at radius 1 is 1.20 bits per heavy atom. The number of carbonyl (C=O) groups excluding carboxylic acids is 2. The number of ether oxygens (including phenoxy) is 2. The van der Waals surface area contributed by atoms with Crippen LogP contribution in [0.5, 0.6) is 11.5 Å². The van der Waals surface area contributed by atoms with Gasteiger partial charge in [-0.2, -0.15) is 0 Å². The van der Waals surface area contributed by atoms with E-state index >= 15 is 0 Å². The first-order chi connectivity index (χ1) is 11.9. The molecule has 0 saturated carbocycles. The van der Waals surface area contributed by atoms with Gasteiger partial charge in [0.25, 0.3) is 0 Å². The Labute approximate surface area is 144 Å². The van der Waals surface area contributed by atoms with Crippen molar-refractivity contribution in [2.45, 2.75) is 26.2 Å². The molecule has 1 fully saturated rings. The molecular formula is C17H20N2O6. The normalized spacial score (nSPS) is 16.6. The van der Waals surface area contributed by atoms with Gasteiger partial charge in [-0.15, -0.1) is 0 Å². The summed E-state index contributed by atoms with van der Waals surface area (Å²) in [5.41, 5.74) is 0.781. The van der Waals surface area contributed by atoms with Crippen molar-refractivity contribution in [1.82, 2.24) is 4.90 Å². The van der Waals surface area contributed by atoms with E-state index < -0.39 is 6.09 Å². The van der Waals surface area contributed by atoms with E-state index in [4.69, 9.17) is 14.6 Å². The molecule has 2 N–H and O–H groups in total. The molecule has 0 unspecified atom stereocenters. The molecule has 0 radical (unpaired) electrons. The van der Waals surface area contributed by atoms with Gasteiger partial charge in [-0.05, 0) is 31.7 Å². The maximum absolute atomic E-state index is 12.3. The van der Waals surface area contributed by atoms with Crippen LogP contribution in [0.1, 0.15) is 36.5 Å². The van der Waals surface area contributed by atoms with Gasteiger partial charge in [-0.25, -0.2) is 4.79 Å². The number of carboxylic acid groups (broad SMARTS) is 1. The number of hydrogen-bond donors (Lipinski definition) is 2. The lowest BCUT2D eigenvalue weighted by Crippen LogP contribution is -2.38. The van der Waals surface area contributed by atoms with Crippen LogP contribution in [0.25, 0.3) is 0 Å². The molecule has 2 amide bonds. The molecule has 2 aliphatic rings. The number of piperidine rings is 1. The van der Waals surface area contributed by atoms with Crippen LogP contribution in [0.3, 0.4) is 0 Å². The first kappa shape index (κ1) is 17.1. The molecule has 25 heavy (non-hydrogen) atoms. The highest BCUT2D eigenvalue weighted by Gasteiger charge is 2.25. The fourth-order valence-electron chi connectivity index (χ4n) is 3.13. The molecule has 134 valence electrons. The monoisotopic (exact) mass is 348 g/mol. The summed E-state index contributed by atoms with van der Waals surface area (Å²) >= 11 is 0. The van der Waals surface area contributed by atoms with Crippen LogP contribution in [0.2, 0.25) is 0 Å². The summed E-state index contributed by atoms with van der Waals surface area (Å²) in [6.45, 7) is 2.40. The standard InChI is InChI=1S/C17H20N2O6/c1-10(20)12-7-14-15(25-9-24-14)8-13(12)18-16(21)6-11-2-4-19(5-3-11)17(22)23/h7-8,11H,2-6,9H2,1H3,(H,18,21)(H,22,23). The highest BCUT2D eigenvalue weighted by molar-refractivity contribution is 6.04. The maximum Gasteiger partial charge on any atom is 0.407 e. The second kappa shape index (κ2) is 7.00. The van der Waals surface area contributed by atoms with Crippen LogP contribution in [0.4, 0.5) is 10.5 Å². The first-order valence-electron chi connectivity index (χ1n) is 8.16. The number of nitrogens with one attached hydrogen (secondary N) is 1. The molecule has 0 aromatic heterocycles. The zero-order chi connectivity index (χ0) is 18.0. The van der Waals surface area contributed by atoms with Crippen molar-refractivity contribution in [3.63, 3.8) is 0 Å². The number of carbonyl (C=O) groups is 3. The zero-order valence-electron chi connectivity index (χ0n) is 13.9. The summed E-state index contributed by atoms with van der Waals surface area (Å²) in [5, 5.41) is 11.7. The molecule has 8 nitrogen and oxygen atoms in total. The summed E-state index contributed by atoms with van der Waals surface area (Å²) in [6.07, 6.45) is 0.675. The van der Waals surface area contributed by atoms with Crippen molar-refractivity contribution >= 4 is 23.5 Å². The van der Waals surface area contributed by atoms with Gasteiger partial charge in [0.15, 0.2) is 17.3 Å². The lowest BCUT2D eigenvalue weighted by molar-refractivity contribution is -0.117. The number of likely N-dealkylation sites (tertiary alicyclic amines) is 1. The van der Waals surface area contributed by atoms with Crippen LogP contribution in [-0.2, 0) is 4.79 Å². The Bertz CT molecular complexity index is 709. The highest BCUT2D eigenvalue weighted by atomic mass is 16.7. The second-order valence-electron chi connectivity index (χ2n) is 6.27. The number of Topliss-reactive ketones (excluding diaryl/α,β-unsaturated/α-hetero) is 1. The third-order valence-corrected chi connectivity index (χ3v) is 4.53. The molecule has 2 heterocycles. The Morgan fingerprint density at radius 3 is 2.44 bits per heavy atom. The minimum Gasteiger partial charge on any atom is -0.465 e. The van der Waals surface area contributed by atoms with Crippen LogP contribution in [-0.4, -0.2) is 47.7 Å². The Morgan fingerprint density at radius 2 is 1.84 bits per heavy atom. The fourth-order valence-corrected chi connectivity index (χ4v) is 3.13. The van der Waals surface area contributed by atoms with Crippen LogP contribution in [0, 0.1) is 5.92 Å². The Kier molecular flexibility index (Phi) is 4.78. The van der Waals surface area contributed by atoms with Crippen molar-refractivity contribution in [1.29, 1.82) is 0 Å². The smallest absolute Gasteiger partial charge is 0.407 e. The van der Waals surface area contributed by atoms with Crippen molar-refractivity contribution in [3.8, 4) is 11.5 Å². The SMILES string of the molecule is CC(=O)c1cc2c(cc1NC(=O)CC1CCN(C(=O)O)CC1)OCO2. The zero-order valence-corrected chi connectivity index (χ0v) is 13.9. The Hall–Kier alpha value is -2.77. The van der Waals surface area contributed by atoms with Gasteiger partial charge < -0.3 is 24.8 Å². The van der Waals surface area contributed by atoms with E-state index in [1.165, 1.54) is 11.8 Å². The predicted octanol–water partition coefficient (Wildman–Crippen LogP) is 2.34. The fraction of sp³-hybridized carbons (Fsp3) is 0.471. The minimum atomic E-state index is -0.922. The number of anilines is 1. The average molecular weight is 348 g/mol. The second-order valence-corrected chi connectivity index (χ2v) is 6.27. The average Bonchev–Trinajstić information content (AvgIpc) is 3.01. The van der Waals surface area contributed by atoms with E-state index in [2.05, 4.69) is 5.32 Å². The molecule has 3 rings (SSSR count). The largest absolute Gasteiger partial charge is 0.465 e. The highest BCUT2D eigenvalue weighted by Crippen LogP contribution is 2.37. The van der Waals surface area contributed by atoms with Gasteiger partial charge in [0.1, 0.15) is 0 Å². The van der Waals surface area contributed by atoms with Crippen LogP contribution in [0.15, 0.2) is 12.1 Å². The van der Waals surface area contributed by atoms with E-state index in [0.717, 1.165) is 0 Å². The first-order valence-corrected chi connectivity index (χ1v) is 8.16. The molecule has 0 aliphatic carbocycles. The third-order valence-electron chi connectivity index (χ3n) is 4.53. The molecule has 1 saturated heterocycles. The number of ketones is 1. The summed E-state index contributed by atoms with van der Waals surface area (Å²) in [7, 11) is 0. The molecule has 0 spiro atoms. The van der Waals surface area contributed by atoms with Crippen LogP contribution < -0.4 is 14.8 Å². The summed E-state index contributed by atoms with van der Waals surface area (Å²) in [5.74, 6) is 0.739. The van der Waals surface area contributed by atoms with Gasteiger partial charge in [0.05, 0.1) is 5.69 Å². The third kappa shape index (κ3) is 3.84. The number of benzene rings is 1. The van der Waals surface area contributed by atoms with Crippen molar-refractivity contribution in [2.75, 3.05) is 25.2 Å². The molecule has 2 aliphatic heterocycles. The van der Waals surface area contributed by atoms with Gasteiger partial charge in [-0.3, -0.25) is 9.59 Å². The number of hydrogen-bond acceptors (Lipinski definition) is 5. The predicted molar refractivity (Wildman–Crippen MR) is 88.1 cm³/mol. The van der Waals surface area contributed by atoms with Gasteiger partial charge in [-0.1, -0.05) is 0 Å². The Balaban J connectivity index is 1.63. The molecule has 0 atom stereocenters. The van der Waals surface area contributed by atoms with Crippen molar-refractivity contribution in [2.24, 2.45) is 5.92 Å². The molecule has 1 aromatic carbocycles. The number of nitrogens with zero attached hydrogens (tertiary/aromatic N) is 1. The van der Waals surface area contributed by atoms with E-state index in [-0.39, 0.29) is 24.4 Å². The van der Waals surface area contributed by atoms with E-state index in [1.807, 2.05) is 0 Å². The summed E-state index contributed by atoms with van der Waals surface area (Å²) in [4.78, 5) is 36.4. The number of amides is 2. The topological polar surface area (TPSA) is 105 Å². The molecule has 8 heteroatoms. The van der Waals surface area contributed by atoms with Crippen molar-refractivity contribution in [3.05, 3.63) is 17.7 Å². The lowest BCUT2D eigenvalue weighted by Gasteiger charge is -2.29. The quantitative estimate of drug-likeness (QED) is 0.809. The lowest BCUT2D eigenvalue weighted by atomic mass is 9.93. The minimum absolute atomic E-state index is 0.0895. The summed E-state index contributed by atoms with van der Waals surface area (Å²) in [6, 6.07) is 3.18. The summed E-state index contributed by atoms with van der Waals surface area (Å²) < 4.78 is 10.6. The number of fused-ring (bicyclic) bond motifs is 1. The molecular weight excluding hydrogens is 328 g/mol. The van der Waals surface area contributed by atoms with Crippen molar-refractivity contribution < 1.29 is 29.0 Å². The van der Waals surface area contributed by atoms with Gasteiger partial charge in [0.2, 0.25) is 12.7 Å². The van der Waals surface area contributed by atoms with Gasteiger partial charge >= 0.3 is 6.09 Å². The number of rotatable bonds is 4. The van der Waals surface area contributed by atoms with E-state index in [9.17, 15) is 14.4 Å². The van der Waals surface area contributed by atoms with Crippen LogP contribution >= 0.6 is 0 Å². The van der Waals surface area contributed by atoms with E-state index in [1.54, 1.807) is 12.1 Å². The molecule has 1 aromatic rings. The molecule has 0 bridgehead atoms. The van der Waals surface area contributed by atoms with E-state index in [0.29, 0.717) is 55.1 Å². The maximum atomic E-state index is 12.3. The van der Waals surface area contributed by atoms with Gasteiger partial charge in [0, 0.05) is 31.1 Å².